The summed E-state index contributed by atoms with van der Waals surface area (Å²) < 4.78 is 38.5. The smallest absolute Gasteiger partial charge is 0.423 e. The molecule has 0 unspecified atom stereocenters. The van der Waals surface area contributed by atoms with E-state index in [0.717, 1.165) is 11.1 Å². The standard InChI is InChI=1S/C16H13F3N2O4/c1-8-5-9(2)7-10(6-8)20-15(23)11-3-4-12(16(17,18)19)13(14(11)22)21(24)25/h3-7,22H,1-2H3,(H,20,23). The van der Waals surface area contributed by atoms with Gasteiger partial charge in [-0.1, -0.05) is 6.07 Å². The molecule has 0 heterocycles. The minimum absolute atomic E-state index is 0.351. The van der Waals surface area contributed by atoms with Crippen molar-refractivity contribution in [2.45, 2.75) is 20.0 Å². The number of nitrogens with one attached hydrogen (secondary N) is 1. The highest BCUT2D eigenvalue weighted by Crippen LogP contribution is 2.42. The van der Waals surface area contributed by atoms with E-state index in [-0.39, 0.29) is 0 Å². The molecule has 0 bridgehead atoms. The molecule has 2 aromatic rings. The summed E-state index contributed by atoms with van der Waals surface area (Å²) in [6.45, 7) is 3.56. The average Bonchev–Trinajstić information content (AvgIpc) is 2.43. The molecule has 132 valence electrons. The predicted octanol–water partition coefficient (Wildman–Crippen LogP) is 4.19. The molecule has 0 saturated carbocycles. The minimum atomic E-state index is -5.04. The summed E-state index contributed by atoms with van der Waals surface area (Å²) in [4.78, 5) is 21.8. The monoisotopic (exact) mass is 354 g/mol. The Balaban J connectivity index is 2.47. The van der Waals surface area contributed by atoms with Gasteiger partial charge < -0.3 is 10.4 Å². The van der Waals surface area contributed by atoms with Crippen molar-refractivity contribution < 1.29 is 28.0 Å². The number of hydrogen-bond donors (Lipinski definition) is 2. The zero-order valence-corrected chi connectivity index (χ0v) is 13.1. The number of rotatable bonds is 3. The molecule has 2 aromatic carbocycles. The van der Waals surface area contributed by atoms with Crippen molar-refractivity contribution in [3.05, 3.63) is 62.7 Å². The second kappa shape index (κ2) is 6.42. The highest BCUT2D eigenvalue weighted by atomic mass is 19.4. The summed E-state index contributed by atoms with van der Waals surface area (Å²) in [6.07, 6.45) is -5.04. The molecular formula is C16H13F3N2O4. The highest BCUT2D eigenvalue weighted by molar-refractivity contribution is 6.07. The summed E-state index contributed by atoms with van der Waals surface area (Å²) in [7, 11) is 0. The van der Waals surface area contributed by atoms with E-state index in [1.165, 1.54) is 0 Å². The lowest BCUT2D eigenvalue weighted by Crippen LogP contribution is -2.15. The molecule has 0 atom stereocenters. The van der Waals surface area contributed by atoms with Gasteiger partial charge in [-0.3, -0.25) is 14.9 Å². The Bertz CT molecular complexity index is 843. The average molecular weight is 354 g/mol. The third-order valence-electron chi connectivity index (χ3n) is 3.36. The van der Waals surface area contributed by atoms with E-state index in [9.17, 15) is 33.2 Å². The van der Waals surface area contributed by atoms with Crippen molar-refractivity contribution in [1.29, 1.82) is 0 Å². The molecule has 1 amide bonds. The van der Waals surface area contributed by atoms with Crippen molar-refractivity contribution >= 4 is 17.3 Å². The first-order valence-corrected chi connectivity index (χ1v) is 6.98. The first kappa shape index (κ1) is 18.2. The largest absolute Gasteiger partial charge is 0.502 e. The van der Waals surface area contributed by atoms with Gasteiger partial charge in [-0.2, -0.15) is 13.2 Å². The van der Waals surface area contributed by atoms with Crippen LogP contribution in [0.3, 0.4) is 0 Å². The van der Waals surface area contributed by atoms with E-state index in [4.69, 9.17) is 0 Å². The molecule has 0 aliphatic heterocycles. The number of carbonyl (C=O) groups excluding carboxylic acids is 1. The molecule has 0 radical (unpaired) electrons. The second-order valence-corrected chi connectivity index (χ2v) is 5.44. The number of phenols is 1. The van der Waals surface area contributed by atoms with Gasteiger partial charge in [-0.25, -0.2) is 0 Å². The molecule has 25 heavy (non-hydrogen) atoms. The lowest BCUT2D eigenvalue weighted by atomic mass is 10.1. The van der Waals surface area contributed by atoms with E-state index in [1.54, 1.807) is 26.0 Å². The van der Waals surface area contributed by atoms with Crippen molar-refractivity contribution in [3.63, 3.8) is 0 Å². The van der Waals surface area contributed by atoms with Crippen LogP contribution in [0.15, 0.2) is 30.3 Å². The molecule has 0 fully saturated rings. The molecule has 0 spiro atoms. The number of alkyl halides is 3. The number of hydrogen-bond acceptors (Lipinski definition) is 4. The number of benzene rings is 2. The fraction of sp³-hybridized carbons (Fsp3) is 0.188. The lowest BCUT2D eigenvalue weighted by molar-refractivity contribution is -0.389. The van der Waals surface area contributed by atoms with E-state index in [2.05, 4.69) is 5.32 Å². The van der Waals surface area contributed by atoms with Gasteiger partial charge >= 0.3 is 11.9 Å². The Morgan fingerprint density at radius 3 is 2.20 bits per heavy atom. The van der Waals surface area contributed by atoms with E-state index in [1.807, 2.05) is 6.07 Å². The number of amides is 1. The summed E-state index contributed by atoms with van der Waals surface area (Å²) in [5, 5.41) is 23.2. The number of halogens is 3. The number of nitrogens with zero attached hydrogens (tertiary/aromatic N) is 1. The number of anilines is 1. The molecule has 2 N–H and O–H groups in total. The molecule has 0 aliphatic carbocycles. The fourth-order valence-electron chi connectivity index (χ4n) is 2.42. The number of carbonyl (C=O) groups is 1. The van der Waals surface area contributed by atoms with Gasteiger partial charge in [0.05, 0.1) is 10.5 Å². The SMILES string of the molecule is Cc1cc(C)cc(NC(=O)c2ccc(C(F)(F)F)c([N+](=O)[O-])c2O)c1. The van der Waals surface area contributed by atoms with Crippen LogP contribution >= 0.6 is 0 Å². The van der Waals surface area contributed by atoms with Crippen molar-refractivity contribution in [2.75, 3.05) is 5.32 Å². The Hall–Kier alpha value is -3.10. The van der Waals surface area contributed by atoms with Crippen LogP contribution in [0.1, 0.15) is 27.0 Å². The van der Waals surface area contributed by atoms with Crippen LogP contribution in [0.4, 0.5) is 24.5 Å². The van der Waals surface area contributed by atoms with Gasteiger partial charge in [0, 0.05) is 5.69 Å². The Labute approximate surface area is 140 Å². The van der Waals surface area contributed by atoms with Crippen molar-refractivity contribution in [1.82, 2.24) is 0 Å². The summed E-state index contributed by atoms with van der Waals surface area (Å²) in [5.41, 5.74) is -1.79. The maximum Gasteiger partial charge on any atom is 0.423 e. The van der Waals surface area contributed by atoms with Gasteiger partial charge in [-0.15, -0.1) is 0 Å². The van der Waals surface area contributed by atoms with Crippen LogP contribution in [-0.2, 0) is 6.18 Å². The molecule has 0 aromatic heterocycles. The molecule has 0 aliphatic rings. The fourth-order valence-corrected chi connectivity index (χ4v) is 2.42. The van der Waals surface area contributed by atoms with Crippen LogP contribution in [0.5, 0.6) is 5.75 Å². The third kappa shape index (κ3) is 3.87. The zero-order valence-electron chi connectivity index (χ0n) is 13.1. The quantitative estimate of drug-likeness (QED) is 0.638. The van der Waals surface area contributed by atoms with Gasteiger partial charge in [0.25, 0.3) is 5.91 Å². The zero-order chi connectivity index (χ0) is 18.9. The lowest BCUT2D eigenvalue weighted by Gasteiger charge is -2.12. The van der Waals surface area contributed by atoms with Crippen LogP contribution in [-0.4, -0.2) is 15.9 Å². The first-order chi connectivity index (χ1) is 11.5. The Morgan fingerprint density at radius 1 is 1.16 bits per heavy atom. The molecule has 6 nitrogen and oxygen atoms in total. The molecular weight excluding hydrogens is 341 g/mol. The van der Waals surface area contributed by atoms with Gasteiger partial charge in [-0.05, 0) is 49.2 Å². The number of nitro groups is 1. The Morgan fingerprint density at radius 2 is 1.72 bits per heavy atom. The molecule has 9 heteroatoms. The topological polar surface area (TPSA) is 92.5 Å². The number of aryl methyl sites for hydroxylation is 2. The van der Waals surface area contributed by atoms with Gasteiger partial charge in [0.15, 0.2) is 0 Å². The van der Waals surface area contributed by atoms with Crippen LogP contribution in [0.25, 0.3) is 0 Å². The maximum absolute atomic E-state index is 12.8. The maximum atomic E-state index is 12.8. The van der Waals surface area contributed by atoms with Crippen molar-refractivity contribution in [3.8, 4) is 5.75 Å². The van der Waals surface area contributed by atoms with Crippen LogP contribution in [0.2, 0.25) is 0 Å². The third-order valence-corrected chi connectivity index (χ3v) is 3.36. The Kier molecular flexibility index (Phi) is 4.69. The normalized spacial score (nSPS) is 11.2. The number of aromatic hydroxyl groups is 1. The predicted molar refractivity (Wildman–Crippen MR) is 83.6 cm³/mol. The number of nitro benzene ring substituents is 1. The molecule has 2 rings (SSSR count). The molecule has 0 saturated heterocycles. The first-order valence-electron chi connectivity index (χ1n) is 6.98. The van der Waals surface area contributed by atoms with E-state index < -0.39 is 39.6 Å². The minimum Gasteiger partial charge on any atom is -0.502 e. The van der Waals surface area contributed by atoms with E-state index in [0.29, 0.717) is 17.8 Å². The van der Waals surface area contributed by atoms with Crippen molar-refractivity contribution in [2.24, 2.45) is 0 Å². The van der Waals surface area contributed by atoms with E-state index >= 15 is 0 Å². The summed E-state index contributed by atoms with van der Waals surface area (Å²) in [5.74, 6) is -2.29. The number of phenolic OH excluding ortho intramolecular Hbond substituents is 1. The van der Waals surface area contributed by atoms with Gasteiger partial charge in [0.2, 0.25) is 5.75 Å². The highest BCUT2D eigenvalue weighted by Gasteiger charge is 2.41. The van der Waals surface area contributed by atoms with Crippen LogP contribution < -0.4 is 5.32 Å². The van der Waals surface area contributed by atoms with Crippen LogP contribution in [0, 0.1) is 24.0 Å². The van der Waals surface area contributed by atoms with Gasteiger partial charge in [0.1, 0.15) is 5.56 Å². The summed E-state index contributed by atoms with van der Waals surface area (Å²) in [6, 6.07) is 6.16. The summed E-state index contributed by atoms with van der Waals surface area (Å²) >= 11 is 0. The second-order valence-electron chi connectivity index (χ2n) is 5.44.